The molecule has 0 aliphatic heterocycles. The Labute approximate surface area is 142 Å². The van der Waals surface area contributed by atoms with Crippen molar-refractivity contribution in [1.82, 2.24) is 9.97 Å². The Kier molecular flexibility index (Phi) is 6.29. The summed E-state index contributed by atoms with van der Waals surface area (Å²) in [5, 5.41) is 9.95. The molecule has 0 saturated carbocycles. The van der Waals surface area contributed by atoms with Crippen molar-refractivity contribution in [2.75, 3.05) is 0 Å². The predicted molar refractivity (Wildman–Crippen MR) is 94.3 cm³/mol. The molecule has 7 heteroatoms. The molecule has 2 N–H and O–H groups in total. The summed E-state index contributed by atoms with van der Waals surface area (Å²) >= 11 is 3.17. The van der Waals surface area contributed by atoms with Crippen LogP contribution >= 0.6 is 23.5 Å². The number of aromatic carboxylic acids is 1. The quantitative estimate of drug-likeness (QED) is 0.588. The lowest BCUT2D eigenvalue weighted by Crippen LogP contribution is -2.10. The first-order chi connectivity index (χ1) is 10.9. The molecule has 1 heterocycles. The summed E-state index contributed by atoms with van der Waals surface area (Å²) < 4.78 is 0. The first-order valence-corrected chi connectivity index (χ1v) is 9.14. The largest absolute Gasteiger partial charge is 0.478 e. The molecule has 0 fully saturated rings. The lowest BCUT2D eigenvalue weighted by molar-refractivity contribution is 0.0697. The van der Waals surface area contributed by atoms with Gasteiger partial charge in [0.25, 0.3) is 5.56 Å². The topological polar surface area (TPSA) is 83.0 Å². The van der Waals surface area contributed by atoms with E-state index < -0.39 is 5.97 Å². The number of nitrogens with zero attached hydrogens (tertiary/aromatic N) is 1. The Morgan fingerprint density at radius 2 is 1.96 bits per heavy atom. The minimum atomic E-state index is -0.939. The van der Waals surface area contributed by atoms with Crippen LogP contribution in [0.15, 0.2) is 40.3 Å². The van der Waals surface area contributed by atoms with Crippen LogP contribution in [0.5, 0.6) is 0 Å². The molecule has 2 aromatic rings. The fraction of sp³-hybridized carbons (Fsp3) is 0.312. The molecule has 5 nitrogen and oxygen atoms in total. The van der Waals surface area contributed by atoms with Crippen molar-refractivity contribution in [3.8, 4) is 0 Å². The molecule has 2 rings (SSSR count). The van der Waals surface area contributed by atoms with Crippen molar-refractivity contribution in [2.45, 2.75) is 35.8 Å². The van der Waals surface area contributed by atoms with Gasteiger partial charge in [0.05, 0.1) is 11.3 Å². The van der Waals surface area contributed by atoms with Gasteiger partial charge in [-0.05, 0) is 22.9 Å². The average Bonchev–Trinajstić information content (AvgIpc) is 2.51. The number of hydrogen-bond acceptors (Lipinski definition) is 5. The second-order valence-electron chi connectivity index (χ2n) is 5.19. The van der Waals surface area contributed by atoms with E-state index in [1.807, 2.05) is 0 Å². The zero-order chi connectivity index (χ0) is 16.8. The van der Waals surface area contributed by atoms with Crippen LogP contribution in [0, 0.1) is 0 Å². The lowest BCUT2D eigenvalue weighted by Gasteiger charge is -2.06. The number of aromatic nitrogens is 2. The Morgan fingerprint density at radius 3 is 2.57 bits per heavy atom. The third-order valence-corrected chi connectivity index (χ3v) is 4.99. The molecule has 0 amide bonds. The number of carboxylic acids is 1. The molecule has 0 aliphatic carbocycles. The molecule has 0 saturated heterocycles. The van der Waals surface area contributed by atoms with E-state index in [4.69, 9.17) is 5.11 Å². The highest BCUT2D eigenvalue weighted by molar-refractivity contribution is 7.99. The van der Waals surface area contributed by atoms with E-state index in [0.29, 0.717) is 21.9 Å². The SMILES string of the molecule is CC(C)SCc1cc(=O)[nH]c(SCc2ccc(C(=O)O)cc2)n1. The van der Waals surface area contributed by atoms with E-state index in [1.54, 1.807) is 36.0 Å². The second kappa shape index (κ2) is 8.21. The van der Waals surface area contributed by atoms with E-state index in [1.165, 1.54) is 17.8 Å². The van der Waals surface area contributed by atoms with E-state index >= 15 is 0 Å². The summed E-state index contributed by atoms with van der Waals surface area (Å²) in [6.07, 6.45) is 0. The number of rotatable bonds is 7. The predicted octanol–water partition coefficient (Wildman–Crippen LogP) is 3.40. The summed E-state index contributed by atoms with van der Waals surface area (Å²) in [5.74, 6) is 0.386. The summed E-state index contributed by atoms with van der Waals surface area (Å²) in [5.41, 5.74) is 1.86. The average molecular weight is 350 g/mol. The van der Waals surface area contributed by atoms with Gasteiger partial charge in [0.1, 0.15) is 0 Å². The molecule has 122 valence electrons. The van der Waals surface area contributed by atoms with E-state index in [0.717, 1.165) is 11.3 Å². The van der Waals surface area contributed by atoms with Crippen LogP contribution in [-0.2, 0) is 11.5 Å². The third kappa shape index (κ3) is 5.76. The number of carboxylic acid groups (broad SMARTS) is 1. The number of nitrogens with one attached hydrogen (secondary N) is 1. The lowest BCUT2D eigenvalue weighted by atomic mass is 10.1. The third-order valence-electron chi connectivity index (χ3n) is 2.91. The van der Waals surface area contributed by atoms with Gasteiger partial charge in [-0.2, -0.15) is 11.8 Å². The smallest absolute Gasteiger partial charge is 0.335 e. The van der Waals surface area contributed by atoms with Gasteiger partial charge in [-0.3, -0.25) is 4.79 Å². The Hall–Kier alpha value is -1.73. The van der Waals surface area contributed by atoms with Gasteiger partial charge in [0, 0.05) is 17.6 Å². The highest BCUT2D eigenvalue weighted by atomic mass is 32.2. The normalized spacial score (nSPS) is 10.9. The molecule has 23 heavy (non-hydrogen) atoms. The number of benzene rings is 1. The van der Waals surface area contributed by atoms with Crippen molar-refractivity contribution in [3.63, 3.8) is 0 Å². The minimum Gasteiger partial charge on any atom is -0.478 e. The summed E-state index contributed by atoms with van der Waals surface area (Å²) in [7, 11) is 0. The highest BCUT2D eigenvalue weighted by Crippen LogP contribution is 2.20. The van der Waals surface area contributed by atoms with Crippen LogP contribution in [0.1, 0.15) is 35.5 Å². The maximum absolute atomic E-state index is 11.7. The molecule has 0 atom stereocenters. The van der Waals surface area contributed by atoms with Crippen molar-refractivity contribution in [1.29, 1.82) is 0 Å². The Morgan fingerprint density at radius 1 is 1.26 bits per heavy atom. The fourth-order valence-corrected chi connectivity index (χ4v) is 3.28. The van der Waals surface area contributed by atoms with Crippen LogP contribution in [0.2, 0.25) is 0 Å². The van der Waals surface area contributed by atoms with E-state index in [9.17, 15) is 9.59 Å². The monoisotopic (exact) mass is 350 g/mol. The number of carbonyl (C=O) groups is 1. The number of thioether (sulfide) groups is 2. The van der Waals surface area contributed by atoms with Gasteiger partial charge in [0.2, 0.25) is 0 Å². The van der Waals surface area contributed by atoms with Gasteiger partial charge in [-0.1, -0.05) is 37.7 Å². The fourth-order valence-electron chi connectivity index (χ4n) is 1.77. The zero-order valence-corrected chi connectivity index (χ0v) is 14.5. The molecule has 0 aliphatic rings. The maximum atomic E-state index is 11.7. The molecule has 0 bridgehead atoms. The molecule has 0 unspecified atom stereocenters. The van der Waals surface area contributed by atoms with Crippen LogP contribution in [0.4, 0.5) is 0 Å². The first-order valence-electron chi connectivity index (χ1n) is 7.11. The van der Waals surface area contributed by atoms with Crippen LogP contribution in [-0.4, -0.2) is 26.3 Å². The van der Waals surface area contributed by atoms with Crippen LogP contribution in [0.25, 0.3) is 0 Å². The Balaban J connectivity index is 2.02. The highest BCUT2D eigenvalue weighted by Gasteiger charge is 2.06. The summed E-state index contributed by atoms with van der Waals surface area (Å²) in [4.78, 5) is 29.7. The Bertz CT molecular complexity index is 727. The second-order valence-corrected chi connectivity index (χ2v) is 7.72. The number of H-pyrrole nitrogens is 1. The molecule has 1 aromatic carbocycles. The van der Waals surface area contributed by atoms with Crippen molar-refractivity contribution >= 4 is 29.5 Å². The number of aromatic amines is 1. The van der Waals surface area contributed by atoms with Gasteiger partial charge >= 0.3 is 5.97 Å². The van der Waals surface area contributed by atoms with Gasteiger partial charge in [-0.15, -0.1) is 0 Å². The van der Waals surface area contributed by atoms with Gasteiger partial charge < -0.3 is 10.1 Å². The van der Waals surface area contributed by atoms with Crippen LogP contribution < -0.4 is 5.56 Å². The zero-order valence-electron chi connectivity index (χ0n) is 12.9. The van der Waals surface area contributed by atoms with Crippen molar-refractivity contribution in [2.24, 2.45) is 0 Å². The van der Waals surface area contributed by atoms with Gasteiger partial charge in [0.15, 0.2) is 5.16 Å². The number of hydrogen-bond donors (Lipinski definition) is 2. The molecular formula is C16H18N2O3S2. The maximum Gasteiger partial charge on any atom is 0.335 e. The van der Waals surface area contributed by atoms with E-state index in [-0.39, 0.29) is 11.1 Å². The molecule has 0 radical (unpaired) electrons. The summed E-state index contributed by atoms with van der Waals surface area (Å²) in [6.45, 7) is 4.21. The van der Waals surface area contributed by atoms with E-state index in [2.05, 4.69) is 23.8 Å². The minimum absolute atomic E-state index is 0.150. The van der Waals surface area contributed by atoms with Crippen molar-refractivity contribution < 1.29 is 9.90 Å². The molecular weight excluding hydrogens is 332 g/mol. The first kappa shape index (κ1) is 17.6. The van der Waals surface area contributed by atoms with Gasteiger partial charge in [-0.25, -0.2) is 9.78 Å². The standard InChI is InChI=1S/C16H18N2O3S2/c1-10(2)22-9-13-7-14(19)18-16(17-13)23-8-11-3-5-12(6-4-11)15(20)21/h3-7,10H,8-9H2,1-2H3,(H,20,21)(H,17,18,19). The molecule has 1 aromatic heterocycles. The summed E-state index contributed by atoms with van der Waals surface area (Å²) in [6, 6.07) is 8.22. The van der Waals surface area contributed by atoms with Crippen molar-refractivity contribution in [3.05, 3.63) is 57.5 Å². The molecule has 0 spiro atoms. The van der Waals surface area contributed by atoms with Crippen LogP contribution in [0.3, 0.4) is 0 Å².